The van der Waals surface area contributed by atoms with Crippen LogP contribution in [0.15, 0.2) is 66.7 Å². The molecule has 0 spiro atoms. The number of anilines is 1. The Morgan fingerprint density at radius 3 is 2.40 bits per heavy atom. The molecule has 4 rings (SSSR count). The van der Waals surface area contributed by atoms with Crippen LogP contribution >= 0.6 is 0 Å². The molecular formula is C35H38N4O4. The molecule has 0 saturated heterocycles. The van der Waals surface area contributed by atoms with Crippen LogP contribution in [0.5, 0.6) is 5.75 Å². The lowest BCUT2D eigenvalue weighted by Gasteiger charge is -2.25. The van der Waals surface area contributed by atoms with E-state index in [4.69, 9.17) is 9.72 Å². The zero-order valence-corrected chi connectivity index (χ0v) is 25.6. The molecule has 222 valence electrons. The van der Waals surface area contributed by atoms with Gasteiger partial charge >= 0.3 is 0 Å². The maximum atomic E-state index is 13.2. The number of para-hydroxylation sites is 1. The standard InChI is InChI=1S/C35H38N4O4/c1-7-39(33(41)20-37-32(40)18-14-26-12-15-27(16-13-26)35(42)36-6)30-17-11-22(2)29(25(30)5)21-43-31-10-8-9-28-23(3)19-24(4)38-34(28)31/h8-19H,7,20-21H2,1-6H3,(H,36,42)(H,37,40)/b18-14+. The second-order valence-corrected chi connectivity index (χ2v) is 10.4. The number of carbonyl (C=O) groups is 3. The van der Waals surface area contributed by atoms with Gasteiger partial charge in [0, 0.05) is 42.0 Å². The second kappa shape index (κ2) is 13.8. The van der Waals surface area contributed by atoms with Crippen LogP contribution in [0, 0.1) is 27.7 Å². The summed E-state index contributed by atoms with van der Waals surface area (Å²) in [5.74, 6) is -0.0658. The highest BCUT2D eigenvalue weighted by molar-refractivity contribution is 6.00. The number of fused-ring (bicyclic) bond motifs is 1. The predicted octanol–water partition coefficient (Wildman–Crippen LogP) is 5.59. The first-order valence-corrected chi connectivity index (χ1v) is 14.3. The Morgan fingerprint density at radius 1 is 0.953 bits per heavy atom. The minimum atomic E-state index is -0.385. The van der Waals surface area contributed by atoms with Crippen molar-refractivity contribution in [1.29, 1.82) is 0 Å². The molecule has 0 aliphatic carbocycles. The molecule has 8 nitrogen and oxygen atoms in total. The number of hydrogen-bond donors (Lipinski definition) is 2. The number of carbonyl (C=O) groups excluding carboxylic acids is 3. The number of ether oxygens (including phenoxy) is 1. The van der Waals surface area contributed by atoms with E-state index in [9.17, 15) is 14.4 Å². The van der Waals surface area contributed by atoms with Gasteiger partial charge < -0.3 is 20.3 Å². The molecule has 0 fully saturated rings. The predicted molar refractivity (Wildman–Crippen MR) is 171 cm³/mol. The van der Waals surface area contributed by atoms with Crippen molar-refractivity contribution in [3.8, 4) is 5.75 Å². The maximum absolute atomic E-state index is 13.2. The first kappa shape index (κ1) is 31.0. The van der Waals surface area contributed by atoms with E-state index < -0.39 is 0 Å². The summed E-state index contributed by atoms with van der Waals surface area (Å²) in [6.45, 7) is 10.6. The van der Waals surface area contributed by atoms with Crippen LogP contribution in [-0.4, -0.2) is 42.8 Å². The van der Waals surface area contributed by atoms with E-state index in [1.807, 2.05) is 58.0 Å². The van der Waals surface area contributed by atoms with Crippen LogP contribution in [-0.2, 0) is 16.2 Å². The molecule has 43 heavy (non-hydrogen) atoms. The molecular weight excluding hydrogens is 540 g/mol. The third-order valence-corrected chi connectivity index (χ3v) is 7.46. The molecule has 0 atom stereocenters. The number of aryl methyl sites for hydroxylation is 3. The number of aromatic nitrogens is 1. The van der Waals surface area contributed by atoms with Gasteiger partial charge in [-0.05, 0) is 98.8 Å². The summed E-state index contributed by atoms with van der Waals surface area (Å²) in [4.78, 5) is 43.8. The molecule has 0 aliphatic rings. The van der Waals surface area contributed by atoms with Crippen molar-refractivity contribution in [1.82, 2.24) is 15.6 Å². The quantitative estimate of drug-likeness (QED) is 0.239. The Balaban J connectivity index is 1.44. The maximum Gasteiger partial charge on any atom is 0.251 e. The van der Waals surface area contributed by atoms with Gasteiger partial charge in [-0.2, -0.15) is 0 Å². The number of nitrogens with zero attached hydrogens (tertiary/aromatic N) is 2. The van der Waals surface area contributed by atoms with Gasteiger partial charge in [0.25, 0.3) is 5.91 Å². The molecule has 0 bridgehead atoms. The number of amides is 3. The molecule has 1 heterocycles. The van der Waals surface area contributed by atoms with Crippen LogP contribution in [0.1, 0.15) is 50.8 Å². The first-order valence-electron chi connectivity index (χ1n) is 14.3. The van der Waals surface area contributed by atoms with Gasteiger partial charge in [0.1, 0.15) is 17.9 Å². The Hall–Kier alpha value is -4.98. The molecule has 8 heteroatoms. The van der Waals surface area contributed by atoms with Crippen molar-refractivity contribution in [2.45, 2.75) is 41.2 Å². The van der Waals surface area contributed by atoms with Crippen molar-refractivity contribution < 1.29 is 19.1 Å². The zero-order valence-electron chi connectivity index (χ0n) is 25.6. The molecule has 1 aromatic heterocycles. The van der Waals surface area contributed by atoms with E-state index in [-0.39, 0.29) is 24.3 Å². The molecule has 0 unspecified atom stereocenters. The van der Waals surface area contributed by atoms with Gasteiger partial charge in [0.15, 0.2) is 0 Å². The minimum absolute atomic E-state index is 0.147. The fourth-order valence-electron chi connectivity index (χ4n) is 5.08. The molecule has 3 aromatic carbocycles. The fraction of sp³-hybridized carbons (Fsp3) is 0.257. The van der Waals surface area contributed by atoms with Crippen LogP contribution in [0.2, 0.25) is 0 Å². The van der Waals surface area contributed by atoms with Crippen LogP contribution < -0.4 is 20.3 Å². The average molecular weight is 579 g/mol. The average Bonchev–Trinajstić information content (AvgIpc) is 3.00. The van der Waals surface area contributed by atoms with Crippen molar-refractivity contribution in [2.75, 3.05) is 25.0 Å². The number of rotatable bonds is 10. The van der Waals surface area contributed by atoms with E-state index in [2.05, 4.69) is 23.6 Å². The Labute approximate surface area is 252 Å². The van der Waals surface area contributed by atoms with Crippen molar-refractivity contribution in [3.63, 3.8) is 0 Å². The van der Waals surface area contributed by atoms with Crippen LogP contribution in [0.4, 0.5) is 5.69 Å². The van der Waals surface area contributed by atoms with Crippen LogP contribution in [0.25, 0.3) is 17.0 Å². The third kappa shape index (κ3) is 7.27. The largest absolute Gasteiger partial charge is 0.487 e. The number of benzene rings is 3. The number of pyridine rings is 1. The Bertz CT molecular complexity index is 1690. The Morgan fingerprint density at radius 2 is 1.70 bits per heavy atom. The van der Waals surface area contributed by atoms with Gasteiger partial charge in [0.2, 0.25) is 11.8 Å². The van der Waals surface area contributed by atoms with Gasteiger partial charge in [-0.1, -0.05) is 30.3 Å². The summed E-state index contributed by atoms with van der Waals surface area (Å²) >= 11 is 0. The summed E-state index contributed by atoms with van der Waals surface area (Å²) in [6, 6.07) is 18.8. The topological polar surface area (TPSA) is 101 Å². The monoisotopic (exact) mass is 578 g/mol. The van der Waals surface area contributed by atoms with Crippen molar-refractivity contribution >= 4 is 40.4 Å². The third-order valence-electron chi connectivity index (χ3n) is 7.46. The van der Waals surface area contributed by atoms with E-state index in [1.54, 1.807) is 42.3 Å². The number of likely N-dealkylation sites (N-methyl/N-ethyl adjacent to an activating group) is 1. The summed E-state index contributed by atoms with van der Waals surface area (Å²) in [7, 11) is 1.57. The molecule has 0 radical (unpaired) electrons. The first-order chi connectivity index (χ1) is 20.6. The highest BCUT2D eigenvalue weighted by atomic mass is 16.5. The number of hydrogen-bond acceptors (Lipinski definition) is 5. The van der Waals surface area contributed by atoms with Gasteiger partial charge in [0.05, 0.1) is 6.54 Å². The fourth-order valence-corrected chi connectivity index (χ4v) is 5.08. The van der Waals surface area contributed by atoms with E-state index in [1.165, 1.54) is 6.08 Å². The lowest BCUT2D eigenvalue weighted by Crippen LogP contribution is -2.40. The smallest absolute Gasteiger partial charge is 0.251 e. The zero-order chi connectivity index (χ0) is 31.1. The molecule has 0 saturated carbocycles. The molecule has 2 N–H and O–H groups in total. The van der Waals surface area contributed by atoms with Gasteiger partial charge in [-0.15, -0.1) is 0 Å². The van der Waals surface area contributed by atoms with Crippen LogP contribution in [0.3, 0.4) is 0 Å². The Kier molecular flexibility index (Phi) is 9.93. The summed E-state index contributed by atoms with van der Waals surface area (Å²) in [5.41, 5.74) is 8.01. The van der Waals surface area contributed by atoms with Crippen molar-refractivity contribution in [3.05, 3.63) is 106 Å². The van der Waals surface area contributed by atoms with E-state index in [0.29, 0.717) is 18.7 Å². The highest BCUT2D eigenvalue weighted by Crippen LogP contribution is 2.30. The van der Waals surface area contributed by atoms with Crippen molar-refractivity contribution in [2.24, 2.45) is 0 Å². The van der Waals surface area contributed by atoms with Gasteiger partial charge in [-0.25, -0.2) is 4.98 Å². The van der Waals surface area contributed by atoms with E-state index >= 15 is 0 Å². The lowest BCUT2D eigenvalue weighted by molar-refractivity contribution is -0.122. The summed E-state index contributed by atoms with van der Waals surface area (Å²) in [5, 5.41) is 6.31. The van der Waals surface area contributed by atoms with Gasteiger partial charge in [-0.3, -0.25) is 14.4 Å². The molecule has 3 amide bonds. The number of nitrogens with one attached hydrogen (secondary N) is 2. The normalized spacial score (nSPS) is 11.0. The molecule has 0 aliphatic heterocycles. The molecule has 4 aromatic rings. The summed E-state index contributed by atoms with van der Waals surface area (Å²) in [6.07, 6.45) is 3.01. The summed E-state index contributed by atoms with van der Waals surface area (Å²) < 4.78 is 6.32. The second-order valence-electron chi connectivity index (χ2n) is 10.4. The SMILES string of the molecule is CCN(C(=O)CNC(=O)/C=C/c1ccc(C(=O)NC)cc1)c1ccc(C)c(COc2cccc3c(C)cc(C)nc23)c1C. The van der Waals surface area contributed by atoms with E-state index in [0.717, 1.165) is 55.9 Å². The highest BCUT2D eigenvalue weighted by Gasteiger charge is 2.19. The minimum Gasteiger partial charge on any atom is -0.487 e. The lowest BCUT2D eigenvalue weighted by atomic mass is 10.0.